The second-order valence-corrected chi connectivity index (χ2v) is 4.91. The fourth-order valence-corrected chi connectivity index (χ4v) is 2.13. The van der Waals surface area contributed by atoms with Crippen LogP contribution < -0.4 is 16.6 Å². The van der Waals surface area contributed by atoms with Crippen molar-refractivity contribution in [3.8, 4) is 0 Å². The van der Waals surface area contributed by atoms with Gasteiger partial charge in [-0.3, -0.25) is 0 Å². The number of rotatable bonds is 4. The van der Waals surface area contributed by atoms with Crippen molar-refractivity contribution >= 4 is 23.0 Å². The van der Waals surface area contributed by atoms with Crippen LogP contribution in [-0.4, -0.2) is 15.0 Å². The number of nitrogen functional groups attached to an aromatic ring is 1. The smallest absolute Gasteiger partial charge is 0.145 e. The first kappa shape index (κ1) is 11.7. The van der Waals surface area contributed by atoms with E-state index in [2.05, 4.69) is 25.7 Å². The van der Waals surface area contributed by atoms with E-state index in [4.69, 9.17) is 5.84 Å². The Hall–Kier alpha value is -1.73. The molecule has 0 bridgehead atoms. The van der Waals surface area contributed by atoms with Gasteiger partial charge in [0.25, 0.3) is 0 Å². The number of hydrogen-bond acceptors (Lipinski definition) is 7. The third-order valence-corrected chi connectivity index (χ3v) is 3.32. The molecular weight excluding hydrogens is 236 g/mol. The number of hydrazine groups is 1. The van der Waals surface area contributed by atoms with Crippen molar-refractivity contribution in [3.05, 3.63) is 29.0 Å². The van der Waals surface area contributed by atoms with Crippen molar-refractivity contribution in [1.29, 1.82) is 0 Å². The molecule has 4 N–H and O–H groups in total. The molecule has 2 aromatic rings. The van der Waals surface area contributed by atoms with Crippen LogP contribution in [0.5, 0.6) is 0 Å². The molecule has 0 aliphatic heterocycles. The topological polar surface area (TPSA) is 88.8 Å². The first-order valence-electron chi connectivity index (χ1n) is 5.08. The Balaban J connectivity index is 2.20. The number of nitrogens with zero attached hydrogens (tertiary/aromatic N) is 3. The molecule has 0 fully saturated rings. The van der Waals surface area contributed by atoms with E-state index in [1.54, 1.807) is 23.6 Å². The lowest BCUT2D eigenvalue weighted by molar-refractivity contribution is 0.600. The number of nitrogens with one attached hydrogen (secondary N) is 2. The fourth-order valence-electron chi connectivity index (χ4n) is 1.41. The van der Waals surface area contributed by atoms with E-state index in [9.17, 15) is 0 Å². The Morgan fingerprint density at radius 2 is 2.00 bits per heavy atom. The average Bonchev–Trinajstić information content (AvgIpc) is 2.83. The van der Waals surface area contributed by atoms with Crippen LogP contribution in [0.3, 0.4) is 0 Å². The van der Waals surface area contributed by atoms with Gasteiger partial charge in [-0.25, -0.2) is 20.8 Å². The molecule has 7 heteroatoms. The van der Waals surface area contributed by atoms with Gasteiger partial charge in [-0.15, -0.1) is 11.3 Å². The summed E-state index contributed by atoms with van der Waals surface area (Å²) in [5, 5.41) is 6.25. The summed E-state index contributed by atoms with van der Waals surface area (Å²) in [6.45, 7) is 4.09. The molecule has 0 saturated heterocycles. The third-order valence-electron chi connectivity index (χ3n) is 2.22. The van der Waals surface area contributed by atoms with E-state index in [-0.39, 0.29) is 5.54 Å². The van der Waals surface area contributed by atoms with E-state index < -0.39 is 0 Å². The molecule has 6 nitrogen and oxygen atoms in total. The Bertz CT molecular complexity index is 481. The molecule has 90 valence electrons. The van der Waals surface area contributed by atoms with Gasteiger partial charge in [0.05, 0.1) is 5.54 Å². The summed E-state index contributed by atoms with van der Waals surface area (Å²) in [7, 11) is 0. The van der Waals surface area contributed by atoms with Gasteiger partial charge in [-0.2, -0.15) is 0 Å². The van der Waals surface area contributed by atoms with E-state index >= 15 is 0 Å². The van der Waals surface area contributed by atoms with Crippen LogP contribution in [0.1, 0.15) is 18.9 Å². The van der Waals surface area contributed by atoms with Gasteiger partial charge in [0, 0.05) is 17.6 Å². The number of nitrogens with two attached hydrogens (primary N) is 1. The summed E-state index contributed by atoms with van der Waals surface area (Å²) < 4.78 is 0. The quantitative estimate of drug-likeness (QED) is 0.564. The lowest BCUT2D eigenvalue weighted by Gasteiger charge is -2.24. The molecule has 0 aliphatic rings. The molecule has 0 amide bonds. The molecule has 0 aromatic carbocycles. The largest absolute Gasteiger partial charge is 0.359 e. The lowest BCUT2D eigenvalue weighted by Crippen LogP contribution is -2.28. The monoisotopic (exact) mass is 250 g/mol. The van der Waals surface area contributed by atoms with Crippen molar-refractivity contribution < 1.29 is 0 Å². The summed E-state index contributed by atoms with van der Waals surface area (Å²) >= 11 is 1.60. The zero-order valence-corrected chi connectivity index (χ0v) is 10.5. The third kappa shape index (κ3) is 2.69. The molecule has 0 saturated carbocycles. The highest BCUT2D eigenvalue weighted by atomic mass is 32.1. The maximum atomic E-state index is 5.30. The predicted octanol–water partition coefficient (Wildman–Crippen LogP) is 1.57. The number of anilines is 2. The Morgan fingerprint density at radius 1 is 1.24 bits per heavy atom. The van der Waals surface area contributed by atoms with Crippen LogP contribution in [0.4, 0.5) is 11.6 Å². The van der Waals surface area contributed by atoms with Crippen molar-refractivity contribution in [2.75, 3.05) is 10.7 Å². The summed E-state index contributed by atoms with van der Waals surface area (Å²) in [5.74, 6) is 6.57. The van der Waals surface area contributed by atoms with E-state index in [0.717, 1.165) is 5.01 Å². The highest BCUT2D eigenvalue weighted by Gasteiger charge is 2.23. The number of aromatic nitrogens is 3. The van der Waals surface area contributed by atoms with Crippen LogP contribution in [0, 0.1) is 0 Å². The summed E-state index contributed by atoms with van der Waals surface area (Å²) in [6, 6.07) is 1.75. The Morgan fingerprint density at radius 3 is 2.65 bits per heavy atom. The van der Waals surface area contributed by atoms with E-state index in [0.29, 0.717) is 11.6 Å². The second kappa shape index (κ2) is 4.64. The van der Waals surface area contributed by atoms with Gasteiger partial charge in [0.2, 0.25) is 0 Å². The predicted molar refractivity (Wildman–Crippen MR) is 68.6 cm³/mol. The maximum absolute atomic E-state index is 5.30. The summed E-state index contributed by atoms with van der Waals surface area (Å²) in [5.41, 5.74) is 2.20. The summed E-state index contributed by atoms with van der Waals surface area (Å²) in [6.07, 6.45) is 3.24. The molecule has 0 spiro atoms. The van der Waals surface area contributed by atoms with Crippen LogP contribution in [0.15, 0.2) is 24.0 Å². The van der Waals surface area contributed by atoms with Crippen LogP contribution in [0.2, 0.25) is 0 Å². The number of thiazole rings is 1. The van der Waals surface area contributed by atoms with E-state index in [1.807, 2.05) is 19.2 Å². The first-order chi connectivity index (χ1) is 8.12. The molecule has 2 aromatic heterocycles. The van der Waals surface area contributed by atoms with Gasteiger partial charge in [0.1, 0.15) is 23.0 Å². The maximum Gasteiger partial charge on any atom is 0.145 e. The average molecular weight is 250 g/mol. The minimum Gasteiger partial charge on any atom is -0.359 e. The van der Waals surface area contributed by atoms with Crippen molar-refractivity contribution in [2.45, 2.75) is 19.4 Å². The van der Waals surface area contributed by atoms with Crippen molar-refractivity contribution in [2.24, 2.45) is 5.84 Å². The number of hydrogen-bond donors (Lipinski definition) is 3. The minimum absolute atomic E-state index is 0.283. The lowest BCUT2D eigenvalue weighted by atomic mass is 10.1. The zero-order chi connectivity index (χ0) is 12.3. The Kier molecular flexibility index (Phi) is 3.21. The van der Waals surface area contributed by atoms with Gasteiger partial charge in [-0.05, 0) is 13.8 Å². The molecular formula is C10H14N6S. The Labute approximate surface area is 103 Å². The standard InChI is InChI=1S/C10H14N6S/c1-10(2,9-12-3-4-17-9)15-7-5-8(16-11)14-6-13-7/h3-6H,11H2,1-2H3,(H2,13,14,15,16). The molecule has 2 rings (SSSR count). The summed E-state index contributed by atoms with van der Waals surface area (Å²) in [4.78, 5) is 12.4. The highest BCUT2D eigenvalue weighted by Crippen LogP contribution is 2.26. The van der Waals surface area contributed by atoms with Gasteiger partial charge in [-0.1, -0.05) is 0 Å². The molecule has 0 aliphatic carbocycles. The van der Waals surface area contributed by atoms with Crippen molar-refractivity contribution in [1.82, 2.24) is 15.0 Å². The van der Waals surface area contributed by atoms with Crippen LogP contribution >= 0.6 is 11.3 Å². The SMILES string of the molecule is CC(C)(Nc1cc(NN)ncn1)c1nccs1. The van der Waals surface area contributed by atoms with Gasteiger partial charge in [0.15, 0.2) is 0 Å². The van der Waals surface area contributed by atoms with Gasteiger partial charge >= 0.3 is 0 Å². The van der Waals surface area contributed by atoms with Crippen LogP contribution in [0.25, 0.3) is 0 Å². The normalized spacial score (nSPS) is 11.2. The highest BCUT2D eigenvalue weighted by molar-refractivity contribution is 7.09. The fraction of sp³-hybridized carbons (Fsp3) is 0.300. The molecule has 0 atom stereocenters. The second-order valence-electron chi connectivity index (χ2n) is 4.02. The molecule has 17 heavy (non-hydrogen) atoms. The minimum atomic E-state index is -0.283. The van der Waals surface area contributed by atoms with Crippen LogP contribution in [-0.2, 0) is 5.54 Å². The molecule has 0 unspecified atom stereocenters. The van der Waals surface area contributed by atoms with Crippen molar-refractivity contribution in [3.63, 3.8) is 0 Å². The first-order valence-corrected chi connectivity index (χ1v) is 5.96. The van der Waals surface area contributed by atoms with Gasteiger partial charge < -0.3 is 10.7 Å². The zero-order valence-electron chi connectivity index (χ0n) is 9.64. The molecule has 0 radical (unpaired) electrons. The molecule has 2 heterocycles. The van der Waals surface area contributed by atoms with E-state index in [1.165, 1.54) is 6.33 Å².